The van der Waals surface area contributed by atoms with E-state index in [2.05, 4.69) is 20.6 Å². The summed E-state index contributed by atoms with van der Waals surface area (Å²) in [6, 6.07) is 17.4. The minimum atomic E-state index is -0.373. The van der Waals surface area contributed by atoms with Gasteiger partial charge in [-0.05, 0) is 38.1 Å². The van der Waals surface area contributed by atoms with Crippen LogP contribution in [0.2, 0.25) is 0 Å². The first-order valence-corrected chi connectivity index (χ1v) is 11.8. The van der Waals surface area contributed by atoms with Gasteiger partial charge in [-0.1, -0.05) is 41.6 Å². The van der Waals surface area contributed by atoms with Crippen LogP contribution in [0.3, 0.4) is 0 Å². The molecule has 0 saturated heterocycles. The molecule has 174 valence electrons. The lowest BCUT2D eigenvalue weighted by atomic mass is 10.2. The number of thioether (sulfide) groups is 1. The van der Waals surface area contributed by atoms with E-state index < -0.39 is 0 Å². The first-order valence-electron chi connectivity index (χ1n) is 10.8. The summed E-state index contributed by atoms with van der Waals surface area (Å²) in [7, 11) is 1.86. The summed E-state index contributed by atoms with van der Waals surface area (Å²) in [5, 5.41) is 16.6. The number of hydrogen-bond acceptors (Lipinski definition) is 7. The van der Waals surface area contributed by atoms with Gasteiger partial charge in [0, 0.05) is 13.1 Å². The van der Waals surface area contributed by atoms with Gasteiger partial charge in [0.25, 0.3) is 0 Å². The molecule has 9 nitrogen and oxygen atoms in total. The number of amides is 1. The van der Waals surface area contributed by atoms with Crippen molar-refractivity contribution in [1.82, 2.24) is 24.5 Å². The Balaban J connectivity index is 1.23. The Kier molecular flexibility index (Phi) is 5.97. The van der Waals surface area contributed by atoms with Crippen LogP contribution in [0.5, 0.6) is 11.5 Å². The molecule has 1 N–H and O–H groups in total. The molecule has 0 aliphatic carbocycles. The number of fused-ring (bicyclic) bond motifs is 1. The van der Waals surface area contributed by atoms with Crippen LogP contribution in [-0.4, -0.2) is 42.8 Å². The van der Waals surface area contributed by atoms with Gasteiger partial charge in [-0.2, -0.15) is 5.10 Å². The number of anilines is 1. The number of nitrogens with zero attached hydrogens (tertiary/aromatic N) is 5. The summed E-state index contributed by atoms with van der Waals surface area (Å²) >= 11 is 1.31. The first-order chi connectivity index (χ1) is 16.5. The van der Waals surface area contributed by atoms with Gasteiger partial charge >= 0.3 is 0 Å². The molecule has 10 heteroatoms. The molecule has 34 heavy (non-hydrogen) atoms. The molecule has 0 spiro atoms. The summed E-state index contributed by atoms with van der Waals surface area (Å²) in [5.41, 5.74) is 2.86. The maximum absolute atomic E-state index is 12.7. The number of rotatable bonds is 6. The lowest BCUT2D eigenvalue weighted by Gasteiger charge is -2.25. The van der Waals surface area contributed by atoms with Crippen molar-refractivity contribution in [2.24, 2.45) is 7.05 Å². The van der Waals surface area contributed by atoms with Crippen molar-refractivity contribution < 1.29 is 14.3 Å². The van der Waals surface area contributed by atoms with E-state index in [1.165, 1.54) is 11.8 Å². The predicted molar refractivity (Wildman–Crippen MR) is 129 cm³/mol. The molecular formula is C24H24N6O3S. The second kappa shape index (κ2) is 9.22. The normalized spacial score (nSPS) is 14.7. The second-order valence-electron chi connectivity index (χ2n) is 8.02. The summed E-state index contributed by atoms with van der Waals surface area (Å²) in [4.78, 5) is 12.7. The quantitative estimate of drug-likeness (QED) is 0.422. The highest BCUT2D eigenvalue weighted by atomic mass is 32.2. The highest BCUT2D eigenvalue weighted by Crippen LogP contribution is 2.35. The van der Waals surface area contributed by atoms with E-state index >= 15 is 0 Å². The average Bonchev–Trinajstić information content (AvgIpc) is 3.39. The zero-order chi connectivity index (χ0) is 23.7. The van der Waals surface area contributed by atoms with Gasteiger partial charge in [-0.25, -0.2) is 4.68 Å². The van der Waals surface area contributed by atoms with Crippen LogP contribution in [-0.2, 0) is 11.8 Å². The number of nitrogens with one attached hydrogen (secondary N) is 1. The molecule has 5 rings (SSSR count). The van der Waals surface area contributed by atoms with Gasteiger partial charge in [-0.3, -0.25) is 4.79 Å². The molecule has 0 bridgehead atoms. The zero-order valence-electron chi connectivity index (χ0n) is 19.1. The van der Waals surface area contributed by atoms with Crippen LogP contribution in [0.15, 0.2) is 59.8 Å². The Bertz CT molecular complexity index is 1330. The molecular weight excluding hydrogens is 452 g/mol. The maximum atomic E-state index is 12.7. The Morgan fingerprint density at radius 1 is 1.12 bits per heavy atom. The number of hydrogen-bond donors (Lipinski definition) is 1. The zero-order valence-corrected chi connectivity index (χ0v) is 19.9. The molecule has 0 fully saturated rings. The molecule has 0 saturated carbocycles. The van der Waals surface area contributed by atoms with Gasteiger partial charge in [-0.15, -0.1) is 10.2 Å². The molecule has 2 aromatic carbocycles. The van der Waals surface area contributed by atoms with Crippen molar-refractivity contribution in [2.75, 3.05) is 17.7 Å². The molecule has 2 aromatic heterocycles. The lowest BCUT2D eigenvalue weighted by Crippen LogP contribution is -2.24. The van der Waals surface area contributed by atoms with Crippen molar-refractivity contribution in [3.63, 3.8) is 0 Å². The van der Waals surface area contributed by atoms with Crippen LogP contribution in [0.1, 0.15) is 23.2 Å². The molecule has 3 heterocycles. The van der Waals surface area contributed by atoms with Crippen molar-refractivity contribution in [1.29, 1.82) is 0 Å². The monoisotopic (exact) mass is 476 g/mol. The van der Waals surface area contributed by atoms with Gasteiger partial charge < -0.3 is 19.4 Å². The van der Waals surface area contributed by atoms with Crippen LogP contribution in [0.25, 0.3) is 5.69 Å². The molecule has 1 aliphatic heterocycles. The highest BCUT2D eigenvalue weighted by Gasteiger charge is 2.27. The van der Waals surface area contributed by atoms with Gasteiger partial charge in [0.15, 0.2) is 28.6 Å². The van der Waals surface area contributed by atoms with Crippen molar-refractivity contribution in [3.8, 4) is 17.2 Å². The summed E-state index contributed by atoms with van der Waals surface area (Å²) < 4.78 is 15.4. The fourth-order valence-electron chi connectivity index (χ4n) is 3.66. The third-order valence-electron chi connectivity index (χ3n) is 5.38. The Morgan fingerprint density at radius 2 is 1.88 bits per heavy atom. The van der Waals surface area contributed by atoms with Crippen LogP contribution >= 0.6 is 11.8 Å². The van der Waals surface area contributed by atoms with Gasteiger partial charge in [0.1, 0.15) is 12.4 Å². The van der Waals surface area contributed by atoms with Gasteiger partial charge in [0.2, 0.25) is 5.91 Å². The second-order valence-corrected chi connectivity index (χ2v) is 8.96. The third kappa shape index (κ3) is 4.49. The predicted octanol–water partition coefficient (Wildman–Crippen LogP) is 3.86. The third-order valence-corrected chi connectivity index (χ3v) is 6.40. The van der Waals surface area contributed by atoms with Crippen molar-refractivity contribution in [2.45, 2.75) is 25.1 Å². The number of carbonyl (C=O) groups excluding carboxylic acids is 1. The van der Waals surface area contributed by atoms with Crippen LogP contribution in [0, 0.1) is 13.8 Å². The molecule has 1 unspecified atom stereocenters. The Hall–Kier alpha value is -3.79. The summed E-state index contributed by atoms with van der Waals surface area (Å²) in [6.07, 6.45) is -0.373. The summed E-state index contributed by atoms with van der Waals surface area (Å²) in [5.74, 6) is 2.68. The Labute approximate surface area is 201 Å². The molecule has 1 amide bonds. The van der Waals surface area contributed by atoms with E-state index in [9.17, 15) is 4.79 Å². The highest BCUT2D eigenvalue weighted by molar-refractivity contribution is 7.99. The minimum absolute atomic E-state index is 0.158. The maximum Gasteiger partial charge on any atom is 0.236 e. The molecule has 4 aromatic rings. The molecule has 0 radical (unpaired) electrons. The van der Waals surface area contributed by atoms with E-state index in [0.29, 0.717) is 34.9 Å². The van der Waals surface area contributed by atoms with Crippen LogP contribution < -0.4 is 14.8 Å². The van der Waals surface area contributed by atoms with E-state index in [4.69, 9.17) is 9.47 Å². The number of aromatic nitrogens is 5. The fourth-order valence-corrected chi connectivity index (χ4v) is 4.38. The average molecular weight is 477 g/mol. The largest absolute Gasteiger partial charge is 0.485 e. The topological polar surface area (TPSA) is 96.1 Å². The van der Waals surface area contributed by atoms with E-state index in [1.54, 1.807) is 4.68 Å². The number of para-hydroxylation sites is 2. The minimum Gasteiger partial charge on any atom is -0.485 e. The first kappa shape index (κ1) is 22.0. The van der Waals surface area contributed by atoms with Crippen molar-refractivity contribution >= 4 is 23.5 Å². The number of carbonyl (C=O) groups is 1. The van der Waals surface area contributed by atoms with E-state index in [-0.39, 0.29) is 17.8 Å². The lowest BCUT2D eigenvalue weighted by molar-refractivity contribution is -0.113. The standard InChI is InChI=1S/C24H24N6O3S/c1-15-8-10-17(11-9-15)30-21(12-16(2)28-30)25-22(31)14-34-24-27-26-23(29(24)3)20-13-32-18-6-4-5-7-19(18)33-20/h4-12,20H,13-14H2,1-3H3,(H,25,31). The smallest absolute Gasteiger partial charge is 0.236 e. The molecule has 1 atom stereocenters. The fraction of sp³-hybridized carbons (Fsp3) is 0.250. The Morgan fingerprint density at radius 3 is 2.68 bits per heavy atom. The van der Waals surface area contributed by atoms with Crippen LogP contribution in [0.4, 0.5) is 5.82 Å². The summed E-state index contributed by atoms with van der Waals surface area (Å²) in [6.45, 7) is 4.27. The number of aryl methyl sites for hydroxylation is 2. The molecule has 1 aliphatic rings. The van der Waals surface area contributed by atoms with E-state index in [0.717, 1.165) is 16.9 Å². The SMILES string of the molecule is Cc1ccc(-n2nc(C)cc2NC(=O)CSc2nnc(C3COc4ccccc4O3)n2C)cc1. The van der Waals surface area contributed by atoms with E-state index in [1.807, 2.05) is 80.1 Å². The van der Waals surface area contributed by atoms with Gasteiger partial charge in [0.05, 0.1) is 17.1 Å². The number of ether oxygens (including phenoxy) is 2. The number of benzene rings is 2. The van der Waals surface area contributed by atoms with Crippen molar-refractivity contribution in [3.05, 3.63) is 71.7 Å².